The first-order valence-corrected chi connectivity index (χ1v) is 9.23. The van der Waals surface area contributed by atoms with Crippen molar-refractivity contribution in [2.45, 2.75) is 0 Å². The molecular weight excluding hydrogens is 380 g/mol. The van der Waals surface area contributed by atoms with Crippen molar-refractivity contribution in [2.24, 2.45) is 5.73 Å². The monoisotopic (exact) mass is 396 g/mol. The molecule has 7 nitrogen and oxygen atoms in total. The minimum Gasteiger partial charge on any atom is -0.478 e. The molecule has 0 atom stereocenters. The summed E-state index contributed by atoms with van der Waals surface area (Å²) in [6.07, 6.45) is 5.29. The van der Waals surface area contributed by atoms with Gasteiger partial charge in [-0.25, -0.2) is 9.78 Å². The topological polar surface area (TPSA) is 103 Å². The van der Waals surface area contributed by atoms with Gasteiger partial charge in [0, 0.05) is 40.1 Å². The van der Waals surface area contributed by atoms with E-state index in [1.807, 2.05) is 39.6 Å². The van der Waals surface area contributed by atoms with Crippen LogP contribution in [0, 0.1) is 0 Å². The first-order valence-electron chi connectivity index (χ1n) is 9.23. The van der Waals surface area contributed by atoms with Crippen molar-refractivity contribution in [3.63, 3.8) is 0 Å². The lowest BCUT2D eigenvalue weighted by Crippen LogP contribution is -2.10. The summed E-state index contributed by atoms with van der Waals surface area (Å²) in [5.74, 6) is -1.49. The molecule has 5 aromatic rings. The smallest absolute Gasteiger partial charge is 0.335 e. The predicted octanol–water partition coefficient (Wildman–Crippen LogP) is 3.77. The van der Waals surface area contributed by atoms with E-state index in [0.717, 1.165) is 33.2 Å². The van der Waals surface area contributed by atoms with Gasteiger partial charge in [-0.1, -0.05) is 12.1 Å². The van der Waals surface area contributed by atoms with Crippen molar-refractivity contribution in [3.05, 3.63) is 90.5 Å². The van der Waals surface area contributed by atoms with Crippen molar-refractivity contribution in [1.29, 1.82) is 0 Å². The van der Waals surface area contributed by atoms with E-state index in [1.165, 1.54) is 0 Å². The Morgan fingerprint density at radius 1 is 0.833 bits per heavy atom. The number of carboxylic acid groups (broad SMARTS) is 1. The summed E-state index contributed by atoms with van der Waals surface area (Å²) < 4.78 is 3.89. The third-order valence-electron chi connectivity index (χ3n) is 5.21. The summed E-state index contributed by atoms with van der Waals surface area (Å²) in [7, 11) is 0. The fraction of sp³-hybridized carbons (Fsp3) is 0. The van der Waals surface area contributed by atoms with Gasteiger partial charge < -0.3 is 20.0 Å². The quantitative estimate of drug-likeness (QED) is 0.483. The van der Waals surface area contributed by atoms with E-state index in [1.54, 1.807) is 48.9 Å². The van der Waals surface area contributed by atoms with Crippen LogP contribution in [0.2, 0.25) is 0 Å². The Balaban J connectivity index is 1.85. The predicted molar refractivity (Wildman–Crippen MR) is 113 cm³/mol. The van der Waals surface area contributed by atoms with E-state index in [-0.39, 0.29) is 5.56 Å². The molecule has 3 aromatic carbocycles. The highest BCUT2D eigenvalue weighted by molar-refractivity contribution is 6.11. The number of carbonyl (C=O) groups is 2. The number of benzene rings is 3. The minimum atomic E-state index is -0.989. The fourth-order valence-electron chi connectivity index (χ4n) is 3.77. The number of primary amides is 1. The van der Waals surface area contributed by atoms with Gasteiger partial charge in [-0.3, -0.25) is 4.79 Å². The number of rotatable bonds is 4. The lowest BCUT2D eigenvalue weighted by Gasteiger charge is -2.10. The maximum absolute atomic E-state index is 11.6. The molecule has 0 radical (unpaired) electrons. The Morgan fingerprint density at radius 3 is 2.10 bits per heavy atom. The van der Waals surface area contributed by atoms with Gasteiger partial charge in [-0.05, 0) is 48.5 Å². The Morgan fingerprint density at radius 2 is 1.47 bits per heavy atom. The lowest BCUT2D eigenvalue weighted by atomic mass is 10.1. The van der Waals surface area contributed by atoms with Gasteiger partial charge in [0.25, 0.3) is 0 Å². The Kier molecular flexibility index (Phi) is 3.89. The first-order chi connectivity index (χ1) is 14.5. The van der Waals surface area contributed by atoms with Gasteiger partial charge in [0.05, 0.1) is 22.9 Å². The number of hydrogen-bond acceptors (Lipinski definition) is 3. The molecule has 0 saturated heterocycles. The summed E-state index contributed by atoms with van der Waals surface area (Å²) >= 11 is 0. The average Bonchev–Trinajstić information content (AvgIpc) is 3.39. The van der Waals surface area contributed by atoms with Gasteiger partial charge in [0.1, 0.15) is 0 Å². The van der Waals surface area contributed by atoms with Crippen molar-refractivity contribution in [3.8, 4) is 11.4 Å². The average molecular weight is 396 g/mol. The van der Waals surface area contributed by atoms with Crippen LogP contribution in [0.15, 0.2) is 79.4 Å². The molecule has 0 aliphatic heterocycles. The molecule has 146 valence electrons. The molecular formula is C23H16N4O3. The first kappa shape index (κ1) is 17.7. The van der Waals surface area contributed by atoms with Crippen LogP contribution in [-0.4, -0.2) is 31.1 Å². The molecule has 0 bridgehead atoms. The van der Waals surface area contributed by atoms with Crippen LogP contribution in [0.1, 0.15) is 20.7 Å². The summed E-state index contributed by atoms with van der Waals surface area (Å²) in [6, 6.07) is 18.1. The van der Waals surface area contributed by atoms with E-state index in [0.29, 0.717) is 5.56 Å². The zero-order chi connectivity index (χ0) is 20.8. The highest BCUT2D eigenvalue weighted by atomic mass is 16.4. The standard InChI is InChI=1S/C23H16N4O3/c24-22(28)14-1-4-16(5-2-14)27-20-11-15(23(29)30)3-7-18(20)19-8-6-17(12-21(19)27)26-10-9-25-13-26/h1-13H,(H2,24,28)(H,29,30). The number of nitrogens with two attached hydrogens (primary N) is 1. The lowest BCUT2D eigenvalue weighted by molar-refractivity contribution is 0.0696. The van der Waals surface area contributed by atoms with Crippen molar-refractivity contribution in [1.82, 2.24) is 14.1 Å². The van der Waals surface area contributed by atoms with E-state index >= 15 is 0 Å². The van der Waals surface area contributed by atoms with E-state index in [9.17, 15) is 14.7 Å². The summed E-state index contributed by atoms with van der Waals surface area (Å²) in [5.41, 5.74) is 9.38. The van der Waals surface area contributed by atoms with Crippen molar-refractivity contribution in [2.75, 3.05) is 0 Å². The molecule has 0 aliphatic rings. The SMILES string of the molecule is NC(=O)c1ccc(-n2c3cc(C(=O)O)ccc3c3ccc(-n4ccnc4)cc32)cc1. The van der Waals surface area contributed by atoms with Crippen LogP contribution < -0.4 is 5.73 Å². The molecule has 0 spiro atoms. The third-order valence-corrected chi connectivity index (χ3v) is 5.21. The van der Waals surface area contributed by atoms with E-state index < -0.39 is 11.9 Å². The number of carbonyl (C=O) groups excluding carboxylic acids is 1. The Labute approximate surface area is 170 Å². The number of nitrogens with zero attached hydrogens (tertiary/aromatic N) is 3. The van der Waals surface area contributed by atoms with Crippen LogP contribution in [0.4, 0.5) is 0 Å². The van der Waals surface area contributed by atoms with E-state index in [2.05, 4.69) is 4.98 Å². The second kappa shape index (κ2) is 6.59. The number of carboxylic acids is 1. The van der Waals surface area contributed by atoms with Crippen LogP contribution in [-0.2, 0) is 0 Å². The molecule has 7 heteroatoms. The molecule has 5 rings (SSSR count). The highest BCUT2D eigenvalue weighted by Crippen LogP contribution is 2.34. The minimum absolute atomic E-state index is 0.204. The molecule has 1 amide bonds. The van der Waals surface area contributed by atoms with Gasteiger partial charge in [-0.2, -0.15) is 0 Å². The molecule has 3 N–H and O–H groups in total. The summed E-state index contributed by atoms with van der Waals surface area (Å²) in [5, 5.41) is 11.4. The Bertz CT molecular complexity index is 1430. The van der Waals surface area contributed by atoms with Gasteiger partial charge in [0.2, 0.25) is 5.91 Å². The molecule has 0 fully saturated rings. The second-order valence-electron chi connectivity index (χ2n) is 6.96. The maximum Gasteiger partial charge on any atom is 0.335 e. The van der Waals surface area contributed by atoms with Crippen LogP contribution in [0.25, 0.3) is 33.2 Å². The van der Waals surface area contributed by atoms with Crippen LogP contribution in [0.5, 0.6) is 0 Å². The molecule has 0 unspecified atom stereocenters. The largest absolute Gasteiger partial charge is 0.478 e. The van der Waals surface area contributed by atoms with Crippen molar-refractivity contribution < 1.29 is 14.7 Å². The van der Waals surface area contributed by atoms with Crippen molar-refractivity contribution >= 4 is 33.7 Å². The molecule has 0 saturated carbocycles. The van der Waals surface area contributed by atoms with Gasteiger partial charge >= 0.3 is 5.97 Å². The number of aromatic carboxylic acids is 1. The molecule has 30 heavy (non-hydrogen) atoms. The maximum atomic E-state index is 11.6. The molecule has 0 aliphatic carbocycles. The number of aromatic nitrogens is 3. The van der Waals surface area contributed by atoms with E-state index in [4.69, 9.17) is 5.73 Å². The fourth-order valence-corrected chi connectivity index (χ4v) is 3.77. The van der Waals surface area contributed by atoms with Crippen LogP contribution in [0.3, 0.4) is 0 Å². The molecule has 2 heterocycles. The second-order valence-corrected chi connectivity index (χ2v) is 6.96. The number of hydrogen-bond donors (Lipinski definition) is 2. The Hall–Kier alpha value is -4.39. The van der Waals surface area contributed by atoms with Gasteiger partial charge in [-0.15, -0.1) is 0 Å². The summed E-state index contributed by atoms with van der Waals surface area (Å²) in [4.78, 5) is 27.1. The normalized spacial score (nSPS) is 11.2. The third kappa shape index (κ3) is 2.72. The number of amides is 1. The van der Waals surface area contributed by atoms with Crippen LogP contribution >= 0.6 is 0 Å². The molecule has 2 aromatic heterocycles. The zero-order valence-corrected chi connectivity index (χ0v) is 15.7. The zero-order valence-electron chi connectivity index (χ0n) is 15.7. The summed E-state index contributed by atoms with van der Waals surface area (Å²) in [6.45, 7) is 0. The number of imidazole rings is 1. The number of fused-ring (bicyclic) bond motifs is 3. The highest BCUT2D eigenvalue weighted by Gasteiger charge is 2.16. The van der Waals surface area contributed by atoms with Gasteiger partial charge in [0.15, 0.2) is 0 Å².